The van der Waals surface area contributed by atoms with Gasteiger partial charge in [0.1, 0.15) is 11.5 Å². The number of nitrogens with one attached hydrogen (secondary N) is 2. The van der Waals surface area contributed by atoms with E-state index in [2.05, 4.69) is 15.3 Å². The van der Waals surface area contributed by atoms with E-state index in [1.165, 1.54) is 18.2 Å². The summed E-state index contributed by atoms with van der Waals surface area (Å²) in [5, 5.41) is 12.7. The largest absolute Gasteiger partial charge is 0.477 e. The maximum Gasteiger partial charge on any atom is 0.354 e. The van der Waals surface area contributed by atoms with Crippen LogP contribution in [0.5, 0.6) is 0 Å². The lowest BCUT2D eigenvalue weighted by atomic mass is 10.2. The highest BCUT2D eigenvalue weighted by molar-refractivity contribution is 6.06. The second kappa shape index (κ2) is 4.65. The molecule has 0 bridgehead atoms. The molecule has 2 heterocycles. The molecule has 1 aromatic carbocycles. The van der Waals surface area contributed by atoms with E-state index in [4.69, 9.17) is 0 Å². The highest BCUT2D eigenvalue weighted by Gasteiger charge is 2.17. The molecule has 0 saturated heterocycles. The van der Waals surface area contributed by atoms with Crippen molar-refractivity contribution in [3.63, 3.8) is 0 Å². The van der Waals surface area contributed by atoms with Gasteiger partial charge in [-0.25, -0.2) is 9.18 Å². The van der Waals surface area contributed by atoms with Crippen LogP contribution in [0.1, 0.15) is 10.5 Å². The molecule has 20 heavy (non-hydrogen) atoms. The smallest absolute Gasteiger partial charge is 0.354 e. The molecular formula is C14H10FN3O2. The first-order valence-electron chi connectivity index (χ1n) is 5.87. The lowest BCUT2D eigenvalue weighted by Gasteiger charge is -2.06. The number of aromatic nitrogens is 2. The maximum atomic E-state index is 13.4. The molecule has 5 nitrogen and oxygen atoms in total. The topological polar surface area (TPSA) is 78.0 Å². The Bertz CT molecular complexity index is 784. The molecule has 0 atom stereocenters. The molecule has 0 spiro atoms. The summed E-state index contributed by atoms with van der Waals surface area (Å²) in [4.78, 5) is 17.9. The number of halogens is 1. The summed E-state index contributed by atoms with van der Waals surface area (Å²) in [6, 6.07) is 7.48. The van der Waals surface area contributed by atoms with Crippen molar-refractivity contribution in [2.45, 2.75) is 0 Å². The van der Waals surface area contributed by atoms with E-state index < -0.39 is 11.8 Å². The molecule has 0 aliphatic carbocycles. The van der Waals surface area contributed by atoms with E-state index in [0.717, 1.165) is 0 Å². The molecular weight excluding hydrogens is 261 g/mol. The van der Waals surface area contributed by atoms with E-state index >= 15 is 0 Å². The van der Waals surface area contributed by atoms with E-state index in [9.17, 15) is 14.3 Å². The van der Waals surface area contributed by atoms with Crippen LogP contribution in [0.15, 0.2) is 42.7 Å². The highest BCUT2D eigenvalue weighted by atomic mass is 19.1. The number of benzene rings is 1. The van der Waals surface area contributed by atoms with Crippen molar-refractivity contribution in [1.82, 2.24) is 9.97 Å². The van der Waals surface area contributed by atoms with Gasteiger partial charge in [0.05, 0.1) is 5.69 Å². The van der Waals surface area contributed by atoms with Crippen LogP contribution < -0.4 is 5.32 Å². The second-order valence-corrected chi connectivity index (χ2v) is 4.23. The van der Waals surface area contributed by atoms with Crippen molar-refractivity contribution in [3.8, 4) is 0 Å². The summed E-state index contributed by atoms with van der Waals surface area (Å²) in [5.74, 6) is -1.54. The number of rotatable bonds is 3. The van der Waals surface area contributed by atoms with Crippen LogP contribution in [-0.2, 0) is 0 Å². The van der Waals surface area contributed by atoms with Crippen molar-refractivity contribution in [2.24, 2.45) is 0 Å². The molecule has 0 fully saturated rings. The van der Waals surface area contributed by atoms with Crippen molar-refractivity contribution >= 4 is 28.2 Å². The number of carboxylic acids is 1. The number of nitrogens with zero attached hydrogens (tertiary/aromatic N) is 1. The normalized spacial score (nSPS) is 10.7. The zero-order chi connectivity index (χ0) is 14.1. The fourth-order valence-corrected chi connectivity index (χ4v) is 2.03. The number of pyridine rings is 1. The fourth-order valence-electron chi connectivity index (χ4n) is 2.03. The molecule has 0 aliphatic heterocycles. The lowest BCUT2D eigenvalue weighted by molar-refractivity contribution is 0.0692. The number of hydrogen-bond donors (Lipinski definition) is 3. The van der Waals surface area contributed by atoms with Crippen LogP contribution in [0, 0.1) is 5.82 Å². The minimum atomic E-state index is -1.11. The standard InChI is InChI=1S/C14H10FN3O2/c15-8-1-2-11-10(7-8)12(13(18-11)14(19)20)17-9-3-5-16-6-4-9/h1-7,18H,(H,16,17)(H,19,20). The first-order chi connectivity index (χ1) is 9.65. The third kappa shape index (κ3) is 2.07. The summed E-state index contributed by atoms with van der Waals surface area (Å²) < 4.78 is 13.4. The number of anilines is 2. The van der Waals surface area contributed by atoms with E-state index in [-0.39, 0.29) is 5.69 Å². The predicted octanol–water partition coefficient (Wildman–Crippen LogP) is 3.14. The van der Waals surface area contributed by atoms with Gasteiger partial charge < -0.3 is 15.4 Å². The van der Waals surface area contributed by atoms with Crippen LogP contribution in [-0.4, -0.2) is 21.0 Å². The lowest BCUT2D eigenvalue weighted by Crippen LogP contribution is -2.01. The average molecular weight is 271 g/mol. The Morgan fingerprint density at radius 1 is 1.25 bits per heavy atom. The minimum absolute atomic E-state index is 0.0117. The van der Waals surface area contributed by atoms with Gasteiger partial charge in [0, 0.05) is 29.0 Å². The van der Waals surface area contributed by atoms with E-state index in [1.807, 2.05) is 0 Å². The van der Waals surface area contributed by atoms with Gasteiger partial charge in [-0.1, -0.05) is 0 Å². The predicted molar refractivity (Wildman–Crippen MR) is 72.7 cm³/mol. The first-order valence-corrected chi connectivity index (χ1v) is 5.87. The van der Waals surface area contributed by atoms with Crippen LogP contribution in [0.2, 0.25) is 0 Å². The van der Waals surface area contributed by atoms with Crippen molar-refractivity contribution in [2.75, 3.05) is 5.32 Å². The van der Waals surface area contributed by atoms with Crippen LogP contribution >= 0.6 is 0 Å². The number of fused-ring (bicyclic) bond motifs is 1. The number of hydrogen-bond acceptors (Lipinski definition) is 3. The Morgan fingerprint density at radius 2 is 2.00 bits per heavy atom. The van der Waals surface area contributed by atoms with Gasteiger partial charge in [-0.05, 0) is 30.3 Å². The van der Waals surface area contributed by atoms with Gasteiger partial charge in [0.2, 0.25) is 0 Å². The van der Waals surface area contributed by atoms with Gasteiger partial charge in [-0.2, -0.15) is 0 Å². The van der Waals surface area contributed by atoms with E-state index in [1.54, 1.807) is 24.5 Å². The summed E-state index contributed by atoms with van der Waals surface area (Å²) in [6.07, 6.45) is 3.16. The Balaban J connectivity index is 2.18. The fraction of sp³-hybridized carbons (Fsp3) is 0. The molecule has 0 saturated carbocycles. The molecule has 3 N–H and O–H groups in total. The van der Waals surface area contributed by atoms with Gasteiger partial charge in [-0.15, -0.1) is 0 Å². The summed E-state index contributed by atoms with van der Waals surface area (Å²) in [7, 11) is 0. The molecule has 3 aromatic rings. The number of carbonyl (C=O) groups is 1. The SMILES string of the molecule is O=C(O)c1[nH]c2ccc(F)cc2c1Nc1ccncc1. The minimum Gasteiger partial charge on any atom is -0.477 e. The monoisotopic (exact) mass is 271 g/mol. The second-order valence-electron chi connectivity index (χ2n) is 4.23. The van der Waals surface area contributed by atoms with Crippen molar-refractivity contribution in [1.29, 1.82) is 0 Å². The average Bonchev–Trinajstić information content (AvgIpc) is 2.78. The Labute approximate surface area is 113 Å². The number of carboxylic acid groups (broad SMARTS) is 1. The number of aromatic carboxylic acids is 1. The van der Waals surface area contributed by atoms with Gasteiger partial charge >= 0.3 is 5.97 Å². The Kier molecular flexibility index (Phi) is 2.83. The molecule has 6 heteroatoms. The maximum absolute atomic E-state index is 13.4. The Morgan fingerprint density at radius 3 is 2.70 bits per heavy atom. The third-order valence-electron chi connectivity index (χ3n) is 2.92. The van der Waals surface area contributed by atoms with Crippen molar-refractivity contribution < 1.29 is 14.3 Å². The highest BCUT2D eigenvalue weighted by Crippen LogP contribution is 2.31. The van der Waals surface area contributed by atoms with Crippen LogP contribution in [0.4, 0.5) is 15.8 Å². The van der Waals surface area contributed by atoms with Gasteiger partial charge in [0.25, 0.3) is 0 Å². The summed E-state index contributed by atoms with van der Waals surface area (Å²) in [5.41, 5.74) is 1.55. The molecule has 0 amide bonds. The third-order valence-corrected chi connectivity index (χ3v) is 2.92. The van der Waals surface area contributed by atoms with Gasteiger partial charge in [0.15, 0.2) is 0 Å². The zero-order valence-electron chi connectivity index (χ0n) is 10.2. The van der Waals surface area contributed by atoms with Crippen LogP contribution in [0.3, 0.4) is 0 Å². The molecule has 3 rings (SSSR count). The first kappa shape index (κ1) is 12.2. The summed E-state index contributed by atoms with van der Waals surface area (Å²) in [6.45, 7) is 0. The number of aromatic amines is 1. The van der Waals surface area contributed by atoms with Gasteiger partial charge in [-0.3, -0.25) is 4.98 Å². The Hall–Kier alpha value is -2.89. The molecule has 0 unspecified atom stereocenters. The van der Waals surface area contributed by atoms with Crippen LogP contribution in [0.25, 0.3) is 10.9 Å². The van der Waals surface area contributed by atoms with Crippen molar-refractivity contribution in [3.05, 3.63) is 54.2 Å². The zero-order valence-corrected chi connectivity index (χ0v) is 10.2. The summed E-state index contributed by atoms with van der Waals surface area (Å²) >= 11 is 0. The molecule has 2 aromatic heterocycles. The van der Waals surface area contributed by atoms with E-state index in [0.29, 0.717) is 22.3 Å². The molecule has 0 aliphatic rings. The number of H-pyrrole nitrogens is 1. The quantitative estimate of drug-likeness (QED) is 0.683. The molecule has 0 radical (unpaired) electrons. The molecule has 100 valence electrons.